The molecule has 1 aromatic carbocycles. The molecule has 2 rings (SSSR count). The van der Waals surface area contributed by atoms with Crippen molar-refractivity contribution < 1.29 is 14.3 Å². The molecule has 0 unspecified atom stereocenters. The number of nitrogens with zero attached hydrogens (tertiary/aromatic N) is 1. The van der Waals surface area contributed by atoms with Gasteiger partial charge in [0.25, 0.3) is 5.91 Å². The molecule has 0 bridgehead atoms. The molecular weight excluding hydrogens is 359 g/mol. The van der Waals surface area contributed by atoms with E-state index >= 15 is 0 Å². The van der Waals surface area contributed by atoms with E-state index in [0.717, 1.165) is 3.57 Å². The van der Waals surface area contributed by atoms with Crippen LogP contribution in [0.2, 0.25) is 0 Å². The molecule has 1 saturated heterocycles. The lowest BCUT2D eigenvalue weighted by Gasteiger charge is -2.26. The molecule has 102 valence electrons. The summed E-state index contributed by atoms with van der Waals surface area (Å²) >= 11 is 2.15. The van der Waals surface area contributed by atoms with Crippen molar-refractivity contribution in [3.63, 3.8) is 0 Å². The van der Waals surface area contributed by atoms with E-state index in [4.69, 9.17) is 4.74 Å². The molecule has 0 spiro atoms. The van der Waals surface area contributed by atoms with Gasteiger partial charge >= 0.3 is 0 Å². The van der Waals surface area contributed by atoms with E-state index in [2.05, 4.69) is 27.9 Å². The summed E-state index contributed by atoms with van der Waals surface area (Å²) in [6, 6.07) is 7.25. The van der Waals surface area contributed by atoms with E-state index in [1.807, 2.05) is 12.1 Å². The summed E-state index contributed by atoms with van der Waals surface area (Å²) in [5.41, 5.74) is 0.571. The third-order valence-electron chi connectivity index (χ3n) is 2.85. The van der Waals surface area contributed by atoms with Gasteiger partial charge in [-0.15, -0.1) is 0 Å². The first-order valence-electron chi connectivity index (χ1n) is 6.06. The van der Waals surface area contributed by atoms with Gasteiger partial charge in [0.05, 0.1) is 19.8 Å². The molecule has 1 fully saturated rings. The number of halogens is 1. The maximum absolute atomic E-state index is 11.9. The molecule has 6 heteroatoms. The normalized spacial score (nSPS) is 15.1. The summed E-state index contributed by atoms with van der Waals surface area (Å²) in [7, 11) is 0. The predicted octanol–water partition coefficient (Wildman–Crippen LogP) is 0.880. The standard InChI is InChI=1S/C13H15IN2O3/c14-11-3-1-2-10(8-11)13(18)15-9-12(17)16-4-6-19-7-5-16/h1-3,8H,4-7,9H2,(H,15,18). The zero-order valence-electron chi connectivity index (χ0n) is 10.4. The summed E-state index contributed by atoms with van der Waals surface area (Å²) in [5, 5.41) is 2.65. The molecule has 0 aliphatic carbocycles. The predicted molar refractivity (Wildman–Crippen MR) is 78.9 cm³/mol. The molecule has 19 heavy (non-hydrogen) atoms. The zero-order valence-corrected chi connectivity index (χ0v) is 12.6. The Balaban J connectivity index is 1.84. The SMILES string of the molecule is O=C(NCC(=O)N1CCOCC1)c1cccc(I)c1. The monoisotopic (exact) mass is 374 g/mol. The summed E-state index contributed by atoms with van der Waals surface area (Å²) in [5.74, 6) is -0.289. The number of hydrogen-bond donors (Lipinski definition) is 1. The first kappa shape index (κ1) is 14.3. The molecular formula is C13H15IN2O3. The van der Waals surface area contributed by atoms with E-state index in [0.29, 0.717) is 31.9 Å². The molecule has 1 aliphatic rings. The van der Waals surface area contributed by atoms with Crippen LogP contribution in [0, 0.1) is 3.57 Å². The van der Waals surface area contributed by atoms with Gasteiger partial charge in [0.2, 0.25) is 5.91 Å². The number of morpholine rings is 1. The zero-order chi connectivity index (χ0) is 13.7. The van der Waals surface area contributed by atoms with Crippen molar-refractivity contribution >= 4 is 34.4 Å². The van der Waals surface area contributed by atoms with Gasteiger partial charge in [-0.05, 0) is 40.8 Å². The quantitative estimate of drug-likeness (QED) is 0.800. The van der Waals surface area contributed by atoms with Crippen molar-refractivity contribution in [2.24, 2.45) is 0 Å². The molecule has 1 aromatic rings. The molecule has 0 aromatic heterocycles. The van der Waals surface area contributed by atoms with E-state index in [1.54, 1.807) is 17.0 Å². The van der Waals surface area contributed by atoms with E-state index < -0.39 is 0 Å². The van der Waals surface area contributed by atoms with Gasteiger partial charge in [-0.3, -0.25) is 9.59 Å². The van der Waals surface area contributed by atoms with Gasteiger partial charge in [-0.1, -0.05) is 6.07 Å². The minimum absolute atomic E-state index is 0.0321. The van der Waals surface area contributed by atoms with Crippen LogP contribution in [-0.4, -0.2) is 49.6 Å². The minimum atomic E-state index is -0.222. The third-order valence-corrected chi connectivity index (χ3v) is 3.52. The lowest BCUT2D eigenvalue weighted by Crippen LogP contribution is -2.45. The van der Waals surface area contributed by atoms with Crippen molar-refractivity contribution in [3.8, 4) is 0 Å². The van der Waals surface area contributed by atoms with Crippen LogP contribution in [0.25, 0.3) is 0 Å². The summed E-state index contributed by atoms with van der Waals surface area (Å²) in [6.07, 6.45) is 0. The highest BCUT2D eigenvalue weighted by molar-refractivity contribution is 14.1. The molecule has 0 atom stereocenters. The number of carbonyl (C=O) groups is 2. The largest absolute Gasteiger partial charge is 0.378 e. The Morgan fingerprint density at radius 1 is 1.32 bits per heavy atom. The van der Waals surface area contributed by atoms with Crippen LogP contribution < -0.4 is 5.32 Å². The second-order valence-electron chi connectivity index (χ2n) is 4.19. The fourth-order valence-corrected chi connectivity index (χ4v) is 2.36. The van der Waals surface area contributed by atoms with E-state index in [9.17, 15) is 9.59 Å². The Labute approximate surface area is 125 Å². The summed E-state index contributed by atoms with van der Waals surface area (Å²) in [6.45, 7) is 2.35. The minimum Gasteiger partial charge on any atom is -0.378 e. The van der Waals surface area contributed by atoms with Gasteiger partial charge in [0.15, 0.2) is 0 Å². The number of rotatable bonds is 3. The first-order valence-corrected chi connectivity index (χ1v) is 7.14. The summed E-state index contributed by atoms with van der Waals surface area (Å²) < 4.78 is 6.17. The topological polar surface area (TPSA) is 58.6 Å². The molecule has 0 saturated carbocycles. The number of benzene rings is 1. The van der Waals surface area contributed by atoms with Crippen LogP contribution in [0.15, 0.2) is 24.3 Å². The van der Waals surface area contributed by atoms with Gasteiger partial charge < -0.3 is 15.0 Å². The Bertz CT molecular complexity index is 473. The molecule has 0 radical (unpaired) electrons. The van der Waals surface area contributed by atoms with Crippen molar-refractivity contribution in [2.75, 3.05) is 32.8 Å². The highest BCUT2D eigenvalue weighted by atomic mass is 127. The van der Waals surface area contributed by atoms with Gasteiger partial charge in [-0.2, -0.15) is 0 Å². The Hall–Kier alpha value is -1.15. The van der Waals surface area contributed by atoms with E-state index in [-0.39, 0.29) is 18.4 Å². The smallest absolute Gasteiger partial charge is 0.251 e. The number of carbonyl (C=O) groups excluding carboxylic acids is 2. The Kier molecular flexibility index (Phi) is 5.15. The molecule has 1 aliphatic heterocycles. The van der Waals surface area contributed by atoms with Crippen LogP contribution in [0.3, 0.4) is 0 Å². The molecule has 5 nitrogen and oxygen atoms in total. The van der Waals surface area contributed by atoms with Crippen LogP contribution in [0.4, 0.5) is 0 Å². The number of nitrogens with one attached hydrogen (secondary N) is 1. The number of hydrogen-bond acceptors (Lipinski definition) is 3. The maximum atomic E-state index is 11.9. The lowest BCUT2D eigenvalue weighted by molar-refractivity contribution is -0.134. The fraction of sp³-hybridized carbons (Fsp3) is 0.385. The molecule has 1 N–H and O–H groups in total. The van der Waals surface area contributed by atoms with Crippen LogP contribution >= 0.6 is 22.6 Å². The van der Waals surface area contributed by atoms with Gasteiger partial charge in [-0.25, -0.2) is 0 Å². The fourth-order valence-electron chi connectivity index (χ4n) is 1.81. The highest BCUT2D eigenvalue weighted by Crippen LogP contribution is 2.07. The van der Waals surface area contributed by atoms with Crippen LogP contribution in [-0.2, 0) is 9.53 Å². The third kappa shape index (κ3) is 4.17. The molecule has 2 amide bonds. The second-order valence-corrected chi connectivity index (χ2v) is 5.43. The average Bonchev–Trinajstić information content (AvgIpc) is 2.45. The van der Waals surface area contributed by atoms with Crippen molar-refractivity contribution in [1.29, 1.82) is 0 Å². The van der Waals surface area contributed by atoms with Crippen LogP contribution in [0.1, 0.15) is 10.4 Å². The van der Waals surface area contributed by atoms with Gasteiger partial charge in [0, 0.05) is 22.2 Å². The van der Waals surface area contributed by atoms with E-state index in [1.165, 1.54) is 0 Å². The first-order chi connectivity index (χ1) is 9.16. The van der Waals surface area contributed by atoms with Gasteiger partial charge in [0.1, 0.15) is 0 Å². The Morgan fingerprint density at radius 3 is 2.74 bits per heavy atom. The Morgan fingerprint density at radius 2 is 2.05 bits per heavy atom. The molecule has 1 heterocycles. The van der Waals surface area contributed by atoms with Crippen molar-refractivity contribution in [3.05, 3.63) is 33.4 Å². The van der Waals surface area contributed by atoms with Crippen LogP contribution in [0.5, 0.6) is 0 Å². The summed E-state index contributed by atoms with van der Waals surface area (Å²) in [4.78, 5) is 25.4. The average molecular weight is 374 g/mol. The maximum Gasteiger partial charge on any atom is 0.251 e. The highest BCUT2D eigenvalue weighted by Gasteiger charge is 2.17. The number of amides is 2. The van der Waals surface area contributed by atoms with Crippen molar-refractivity contribution in [1.82, 2.24) is 10.2 Å². The van der Waals surface area contributed by atoms with Crippen molar-refractivity contribution in [2.45, 2.75) is 0 Å². The number of ether oxygens (including phenoxy) is 1. The second kappa shape index (κ2) is 6.85. The lowest BCUT2D eigenvalue weighted by atomic mass is 10.2.